The van der Waals surface area contributed by atoms with Crippen LogP contribution in [0.25, 0.3) is 0 Å². The fourth-order valence-electron chi connectivity index (χ4n) is 3.93. The van der Waals surface area contributed by atoms with E-state index in [4.69, 9.17) is 28.0 Å². The van der Waals surface area contributed by atoms with Gasteiger partial charge < -0.3 is 23.5 Å². The smallest absolute Gasteiger partial charge is 0.459 e. The van der Waals surface area contributed by atoms with Crippen molar-refractivity contribution in [2.24, 2.45) is 0 Å². The molecule has 3 unspecified atom stereocenters. The molecule has 208 valence electrons. The lowest BCUT2D eigenvalue weighted by molar-refractivity contribution is -0.152. The van der Waals surface area contributed by atoms with E-state index in [1.807, 2.05) is 4.98 Å². The number of halogens is 1. The van der Waals surface area contributed by atoms with E-state index in [1.165, 1.54) is 0 Å². The number of nitrogens with one attached hydrogen (secondary N) is 2. The monoisotopic (exact) mass is 557 g/mol. The molecule has 2 saturated heterocycles. The minimum atomic E-state index is -4.09. The summed E-state index contributed by atoms with van der Waals surface area (Å²) in [5.41, 5.74) is -2.08. The topological polar surface area (TPSA) is 156 Å². The first-order valence-corrected chi connectivity index (χ1v) is 13.6. The lowest BCUT2D eigenvalue weighted by Crippen LogP contribution is -2.38. The number of carbonyl (C=O) groups is 1. The van der Waals surface area contributed by atoms with E-state index in [0.29, 0.717) is 19.4 Å². The van der Waals surface area contributed by atoms with Gasteiger partial charge in [-0.1, -0.05) is 25.1 Å². The van der Waals surface area contributed by atoms with Crippen LogP contribution in [0.1, 0.15) is 32.9 Å². The Bertz CT molecular complexity index is 1270. The lowest BCUT2D eigenvalue weighted by Gasteiger charge is -2.27. The molecule has 1 aromatic carbocycles. The van der Waals surface area contributed by atoms with E-state index in [9.17, 15) is 23.3 Å². The predicted octanol–water partition coefficient (Wildman–Crippen LogP) is 1.84. The maximum atomic E-state index is 13.9. The standard InChI is InChI=1S/C23H29FN3O10P/c1-3-20(28)36-17-11-19(27-12-16(24)21(29)25-23(27)30)35-18(17)13-34-38(31,37-15-7-5-4-6-8-15)26-14(2)22-32-9-10-33-22/h4-8,12,14,17-19,22H,3,9-11,13H2,1-2H3,(H,26,31)(H,25,29,30)/t14?,17-,18+,19?,38?/m0/s1. The highest BCUT2D eigenvalue weighted by Gasteiger charge is 2.42. The van der Waals surface area contributed by atoms with Crippen molar-refractivity contribution in [2.75, 3.05) is 19.8 Å². The molecule has 15 heteroatoms. The van der Waals surface area contributed by atoms with Crippen molar-refractivity contribution >= 4 is 13.7 Å². The van der Waals surface area contributed by atoms with Crippen LogP contribution >= 0.6 is 7.75 Å². The van der Waals surface area contributed by atoms with E-state index >= 15 is 0 Å². The van der Waals surface area contributed by atoms with E-state index in [1.54, 1.807) is 44.2 Å². The third-order valence-electron chi connectivity index (χ3n) is 5.78. The Labute approximate surface area is 216 Å². The van der Waals surface area contributed by atoms with Gasteiger partial charge in [-0.05, 0) is 19.1 Å². The molecule has 0 radical (unpaired) electrons. The summed E-state index contributed by atoms with van der Waals surface area (Å²) in [7, 11) is -4.09. The van der Waals surface area contributed by atoms with E-state index in [2.05, 4.69) is 5.09 Å². The van der Waals surface area contributed by atoms with Crippen molar-refractivity contribution in [3.63, 3.8) is 0 Å². The van der Waals surface area contributed by atoms with E-state index in [-0.39, 0.29) is 18.6 Å². The fourth-order valence-corrected chi connectivity index (χ4v) is 5.47. The highest BCUT2D eigenvalue weighted by molar-refractivity contribution is 7.52. The number of carbonyl (C=O) groups excluding carboxylic acids is 1. The molecule has 0 aliphatic carbocycles. The summed E-state index contributed by atoms with van der Waals surface area (Å²) in [5, 5.41) is 2.79. The number of ether oxygens (including phenoxy) is 4. The van der Waals surface area contributed by atoms with Crippen molar-refractivity contribution in [1.29, 1.82) is 0 Å². The predicted molar refractivity (Wildman–Crippen MR) is 129 cm³/mol. The zero-order valence-electron chi connectivity index (χ0n) is 20.7. The molecule has 1 aromatic heterocycles. The molecular weight excluding hydrogens is 528 g/mol. The molecule has 0 spiro atoms. The van der Waals surface area contributed by atoms with Gasteiger partial charge in [0.1, 0.15) is 24.2 Å². The Morgan fingerprint density at radius 1 is 1.26 bits per heavy atom. The molecule has 2 fully saturated rings. The molecule has 0 saturated carbocycles. The summed E-state index contributed by atoms with van der Waals surface area (Å²) in [6, 6.07) is 7.73. The second kappa shape index (κ2) is 12.3. The Morgan fingerprint density at radius 2 is 1.97 bits per heavy atom. The van der Waals surface area contributed by atoms with Crippen LogP contribution in [0.4, 0.5) is 4.39 Å². The van der Waals surface area contributed by atoms with Crippen LogP contribution in [0.3, 0.4) is 0 Å². The van der Waals surface area contributed by atoms with Gasteiger partial charge in [0.15, 0.2) is 6.29 Å². The molecule has 2 aromatic rings. The van der Waals surface area contributed by atoms with Crippen LogP contribution in [-0.4, -0.2) is 59.9 Å². The minimum Gasteiger partial charge on any atom is -0.459 e. The molecule has 13 nitrogen and oxygen atoms in total. The summed E-state index contributed by atoms with van der Waals surface area (Å²) in [4.78, 5) is 37.6. The normalized spacial score (nSPS) is 24.1. The Morgan fingerprint density at radius 3 is 2.66 bits per heavy atom. The Hall–Kier alpha value is -2.87. The number of nitrogens with zero attached hydrogens (tertiary/aromatic N) is 1. The van der Waals surface area contributed by atoms with Gasteiger partial charge in [-0.15, -0.1) is 0 Å². The second-order valence-electron chi connectivity index (χ2n) is 8.62. The number of benzene rings is 1. The molecule has 5 atom stereocenters. The summed E-state index contributed by atoms with van der Waals surface area (Å²) in [6.07, 6.45) is -3.00. The average molecular weight is 557 g/mol. The van der Waals surface area contributed by atoms with Gasteiger partial charge in [0.2, 0.25) is 5.82 Å². The van der Waals surface area contributed by atoms with Gasteiger partial charge in [0.05, 0.1) is 32.1 Å². The highest BCUT2D eigenvalue weighted by atomic mass is 31.2. The first-order valence-electron chi connectivity index (χ1n) is 12.0. The van der Waals surface area contributed by atoms with E-state index < -0.39 is 68.2 Å². The van der Waals surface area contributed by atoms with Gasteiger partial charge in [-0.3, -0.25) is 23.7 Å². The summed E-state index contributed by atoms with van der Waals surface area (Å²) < 4.78 is 62.2. The molecule has 3 heterocycles. The Balaban J connectivity index is 1.53. The van der Waals surface area contributed by atoms with Crippen molar-refractivity contribution in [3.05, 3.63) is 63.2 Å². The first kappa shape index (κ1) is 28.1. The molecule has 0 bridgehead atoms. The third kappa shape index (κ3) is 6.95. The minimum absolute atomic E-state index is 0.0530. The molecule has 4 rings (SSSR count). The number of hydrogen-bond acceptors (Lipinski definition) is 10. The van der Waals surface area contributed by atoms with Crippen LogP contribution in [0.15, 0.2) is 46.1 Å². The number of aromatic nitrogens is 2. The largest absolute Gasteiger partial charge is 0.459 e. The van der Waals surface area contributed by atoms with Gasteiger partial charge in [0.25, 0.3) is 5.56 Å². The average Bonchev–Trinajstić information content (AvgIpc) is 3.56. The van der Waals surface area contributed by atoms with E-state index in [0.717, 1.165) is 4.57 Å². The number of para-hydroxylation sites is 1. The number of rotatable bonds is 11. The number of hydrogen-bond donors (Lipinski definition) is 2. The molecule has 0 amide bonds. The Kier molecular flexibility index (Phi) is 9.13. The highest BCUT2D eigenvalue weighted by Crippen LogP contribution is 2.46. The first-order chi connectivity index (χ1) is 18.2. The zero-order valence-corrected chi connectivity index (χ0v) is 21.6. The van der Waals surface area contributed by atoms with Crippen molar-refractivity contribution in [2.45, 2.75) is 57.5 Å². The fraction of sp³-hybridized carbons (Fsp3) is 0.522. The summed E-state index contributed by atoms with van der Waals surface area (Å²) >= 11 is 0. The van der Waals surface area contributed by atoms with Crippen molar-refractivity contribution in [3.8, 4) is 5.75 Å². The quantitative estimate of drug-likeness (QED) is 0.307. The number of esters is 1. The van der Waals surface area contributed by atoms with Gasteiger partial charge in [0, 0.05) is 12.8 Å². The van der Waals surface area contributed by atoms with Gasteiger partial charge in [-0.25, -0.2) is 14.4 Å². The van der Waals surface area contributed by atoms with Crippen molar-refractivity contribution < 1.29 is 41.7 Å². The maximum Gasteiger partial charge on any atom is 0.459 e. The number of aromatic amines is 1. The number of H-pyrrole nitrogens is 1. The maximum absolute atomic E-state index is 13.9. The van der Waals surface area contributed by atoms with Crippen LogP contribution in [0.2, 0.25) is 0 Å². The third-order valence-corrected chi connectivity index (χ3v) is 7.45. The molecule has 2 aliphatic heterocycles. The van der Waals surface area contributed by atoms with Crippen molar-refractivity contribution in [1.82, 2.24) is 14.6 Å². The zero-order chi connectivity index (χ0) is 27.3. The van der Waals surface area contributed by atoms with Crippen LogP contribution in [0.5, 0.6) is 5.75 Å². The molecule has 2 N–H and O–H groups in total. The second-order valence-corrected chi connectivity index (χ2v) is 10.3. The van der Waals surface area contributed by atoms with Gasteiger partial charge in [-0.2, -0.15) is 4.39 Å². The summed E-state index contributed by atoms with van der Waals surface area (Å²) in [6.45, 7) is 3.66. The van der Waals surface area contributed by atoms with Crippen LogP contribution in [0, 0.1) is 5.82 Å². The van der Waals surface area contributed by atoms with Crippen LogP contribution < -0.4 is 20.9 Å². The summed E-state index contributed by atoms with van der Waals surface area (Å²) in [5.74, 6) is -1.47. The van der Waals surface area contributed by atoms with Crippen LogP contribution in [-0.2, 0) is 32.8 Å². The molecular formula is C23H29FN3O10P. The molecule has 2 aliphatic rings. The SMILES string of the molecule is CCC(=O)O[C@H]1CC(n2cc(F)c(=O)[nH]c2=O)O[C@@H]1COP(=O)(NC(C)C1OCCO1)Oc1ccccc1. The van der Waals surface area contributed by atoms with Gasteiger partial charge >= 0.3 is 19.4 Å². The lowest BCUT2D eigenvalue weighted by atomic mass is 10.2. The molecule has 38 heavy (non-hydrogen) atoms.